The van der Waals surface area contributed by atoms with E-state index in [2.05, 4.69) is 11.9 Å². The molecule has 3 aromatic rings. The quantitative estimate of drug-likeness (QED) is 0.733. The Hall–Kier alpha value is -1.52. The molecule has 2 aromatic heterocycles. The molecule has 17 heavy (non-hydrogen) atoms. The van der Waals surface area contributed by atoms with Gasteiger partial charge < -0.3 is 5.73 Å². The maximum atomic E-state index is 6.09. The number of halogens is 1. The molecule has 2 heterocycles. The lowest BCUT2D eigenvalue weighted by Gasteiger charge is -1.97. The van der Waals surface area contributed by atoms with Crippen molar-refractivity contribution in [2.45, 2.75) is 6.92 Å². The topological polar surface area (TPSA) is 43.3 Å². The summed E-state index contributed by atoms with van der Waals surface area (Å²) in [7, 11) is 0. The van der Waals surface area contributed by atoms with Crippen molar-refractivity contribution in [2.75, 3.05) is 5.73 Å². The van der Waals surface area contributed by atoms with Crippen molar-refractivity contribution in [3.63, 3.8) is 0 Å². The van der Waals surface area contributed by atoms with Crippen LogP contribution in [0.25, 0.3) is 16.2 Å². The molecule has 0 atom stereocenters. The lowest BCUT2D eigenvalue weighted by atomic mass is 10.1. The van der Waals surface area contributed by atoms with Gasteiger partial charge >= 0.3 is 0 Å². The van der Waals surface area contributed by atoms with Gasteiger partial charge in [-0.3, -0.25) is 4.40 Å². The Bertz CT molecular complexity index is 642. The third-order valence-corrected chi connectivity index (χ3v) is 3.42. The van der Waals surface area contributed by atoms with Gasteiger partial charge in [0.1, 0.15) is 11.5 Å². The average Bonchev–Trinajstić information content (AvgIpc) is 2.79. The van der Waals surface area contributed by atoms with Gasteiger partial charge in [-0.15, -0.1) is 23.7 Å². The first-order valence-electron chi connectivity index (χ1n) is 5.05. The monoisotopic (exact) mass is 265 g/mol. The predicted molar refractivity (Wildman–Crippen MR) is 74.9 cm³/mol. The van der Waals surface area contributed by atoms with Crippen LogP contribution in [-0.4, -0.2) is 9.38 Å². The van der Waals surface area contributed by atoms with Crippen LogP contribution in [0.1, 0.15) is 4.88 Å². The molecular formula is C12H12ClN3S. The van der Waals surface area contributed by atoms with Crippen LogP contribution in [0.2, 0.25) is 0 Å². The lowest BCUT2D eigenvalue weighted by molar-refractivity contribution is 1.23. The first kappa shape index (κ1) is 12.0. The van der Waals surface area contributed by atoms with E-state index in [9.17, 15) is 0 Å². The molecule has 3 rings (SSSR count). The van der Waals surface area contributed by atoms with Crippen LogP contribution in [0.3, 0.4) is 0 Å². The number of hydrogen-bond donors (Lipinski definition) is 1. The number of benzene rings is 1. The van der Waals surface area contributed by atoms with E-state index < -0.39 is 0 Å². The minimum atomic E-state index is 0. The number of aryl methyl sites for hydroxylation is 1. The second kappa shape index (κ2) is 4.39. The second-order valence-corrected chi connectivity index (χ2v) is 4.92. The number of fused-ring (bicyclic) bond motifs is 1. The zero-order valence-electron chi connectivity index (χ0n) is 9.25. The highest BCUT2D eigenvalue weighted by Crippen LogP contribution is 2.29. The van der Waals surface area contributed by atoms with Gasteiger partial charge in [0.25, 0.3) is 0 Å². The van der Waals surface area contributed by atoms with Crippen LogP contribution < -0.4 is 5.73 Å². The van der Waals surface area contributed by atoms with Crippen molar-refractivity contribution >= 4 is 34.5 Å². The third kappa shape index (κ3) is 1.90. The molecule has 0 amide bonds. The van der Waals surface area contributed by atoms with Gasteiger partial charge in [0, 0.05) is 16.6 Å². The fourth-order valence-corrected chi connectivity index (χ4v) is 2.61. The molecule has 0 fully saturated rings. The molecule has 0 aliphatic carbocycles. The summed E-state index contributed by atoms with van der Waals surface area (Å²) in [5.74, 6) is 0.713. The molecule has 0 spiro atoms. The van der Waals surface area contributed by atoms with Gasteiger partial charge in [-0.25, -0.2) is 4.98 Å². The van der Waals surface area contributed by atoms with Crippen molar-refractivity contribution in [2.24, 2.45) is 0 Å². The summed E-state index contributed by atoms with van der Waals surface area (Å²) in [6.45, 7) is 2.06. The summed E-state index contributed by atoms with van der Waals surface area (Å²) in [6, 6.07) is 10.0. The van der Waals surface area contributed by atoms with Crippen LogP contribution in [0.15, 0.2) is 36.5 Å². The average molecular weight is 266 g/mol. The standard InChI is InChI=1S/C12H11N3S.ClH/c1-8-7-15-11(13)10(14-12(15)16-8)9-5-3-2-4-6-9;/h2-7H,13H2,1H3;1H. The minimum absolute atomic E-state index is 0. The van der Waals surface area contributed by atoms with Crippen molar-refractivity contribution in [1.82, 2.24) is 9.38 Å². The van der Waals surface area contributed by atoms with E-state index in [0.717, 1.165) is 16.2 Å². The summed E-state index contributed by atoms with van der Waals surface area (Å²) in [5, 5.41) is 0. The summed E-state index contributed by atoms with van der Waals surface area (Å²) in [6.07, 6.45) is 2.02. The number of anilines is 1. The molecule has 2 N–H and O–H groups in total. The van der Waals surface area contributed by atoms with Gasteiger partial charge in [-0.1, -0.05) is 30.3 Å². The first-order chi connectivity index (χ1) is 7.75. The zero-order chi connectivity index (χ0) is 11.1. The van der Waals surface area contributed by atoms with Crippen LogP contribution in [-0.2, 0) is 0 Å². The molecule has 88 valence electrons. The number of imidazole rings is 1. The van der Waals surface area contributed by atoms with E-state index in [1.165, 1.54) is 4.88 Å². The fourth-order valence-electron chi connectivity index (χ4n) is 1.78. The van der Waals surface area contributed by atoms with Crippen molar-refractivity contribution in [3.8, 4) is 11.3 Å². The molecule has 0 bridgehead atoms. The maximum absolute atomic E-state index is 6.09. The molecule has 1 aromatic carbocycles. The van der Waals surface area contributed by atoms with Crippen molar-refractivity contribution in [1.29, 1.82) is 0 Å². The van der Waals surface area contributed by atoms with Crippen molar-refractivity contribution < 1.29 is 0 Å². The highest BCUT2D eigenvalue weighted by atomic mass is 35.5. The van der Waals surface area contributed by atoms with E-state index in [4.69, 9.17) is 5.73 Å². The van der Waals surface area contributed by atoms with Gasteiger partial charge in [-0.05, 0) is 6.92 Å². The molecule has 5 heteroatoms. The third-order valence-electron chi connectivity index (χ3n) is 2.53. The highest BCUT2D eigenvalue weighted by molar-refractivity contribution is 7.17. The number of hydrogen-bond acceptors (Lipinski definition) is 3. The summed E-state index contributed by atoms with van der Waals surface area (Å²) in [5.41, 5.74) is 8.02. The first-order valence-corrected chi connectivity index (χ1v) is 5.87. The number of nitrogen functional groups attached to an aromatic ring is 1. The molecule has 0 saturated carbocycles. The smallest absolute Gasteiger partial charge is 0.196 e. The lowest BCUT2D eigenvalue weighted by Crippen LogP contribution is -1.92. The number of rotatable bonds is 1. The summed E-state index contributed by atoms with van der Waals surface area (Å²) >= 11 is 1.65. The molecule has 3 nitrogen and oxygen atoms in total. The fraction of sp³-hybridized carbons (Fsp3) is 0.0833. The van der Waals surface area contributed by atoms with Gasteiger partial charge in [0.2, 0.25) is 0 Å². The van der Waals surface area contributed by atoms with Crippen LogP contribution in [0.5, 0.6) is 0 Å². The molecular weight excluding hydrogens is 254 g/mol. The number of nitrogens with zero attached hydrogens (tertiary/aromatic N) is 2. The SMILES string of the molecule is Cc1cn2c(N)c(-c3ccccc3)nc2s1.Cl. The van der Waals surface area contributed by atoms with Crippen molar-refractivity contribution in [3.05, 3.63) is 41.4 Å². The van der Waals surface area contributed by atoms with Gasteiger partial charge in [0.05, 0.1) is 0 Å². The highest BCUT2D eigenvalue weighted by Gasteiger charge is 2.12. The summed E-state index contributed by atoms with van der Waals surface area (Å²) < 4.78 is 1.95. The Morgan fingerprint density at radius 3 is 2.59 bits per heavy atom. The minimum Gasteiger partial charge on any atom is -0.383 e. The number of thiazole rings is 1. The Labute approximate surface area is 109 Å². The number of nitrogens with two attached hydrogens (primary N) is 1. The molecule has 0 aliphatic rings. The molecule has 0 radical (unpaired) electrons. The molecule has 0 saturated heterocycles. The Balaban J connectivity index is 0.00000108. The molecule has 0 unspecified atom stereocenters. The Morgan fingerprint density at radius 2 is 1.94 bits per heavy atom. The summed E-state index contributed by atoms with van der Waals surface area (Å²) in [4.78, 5) is 6.73. The normalized spacial score (nSPS) is 10.4. The predicted octanol–water partition coefficient (Wildman–Crippen LogP) is 3.38. The van der Waals surface area contributed by atoms with E-state index in [1.807, 2.05) is 40.9 Å². The zero-order valence-corrected chi connectivity index (χ0v) is 10.9. The van der Waals surface area contributed by atoms with Gasteiger partial charge in [0.15, 0.2) is 4.96 Å². The van der Waals surface area contributed by atoms with Crippen LogP contribution >= 0.6 is 23.7 Å². The maximum Gasteiger partial charge on any atom is 0.196 e. The van der Waals surface area contributed by atoms with E-state index >= 15 is 0 Å². The van der Waals surface area contributed by atoms with E-state index in [0.29, 0.717) is 5.82 Å². The van der Waals surface area contributed by atoms with E-state index in [-0.39, 0.29) is 12.4 Å². The largest absolute Gasteiger partial charge is 0.383 e. The molecule has 0 aliphatic heterocycles. The number of aromatic nitrogens is 2. The second-order valence-electron chi connectivity index (χ2n) is 3.71. The Kier molecular flexibility index (Phi) is 3.09. The van der Waals surface area contributed by atoms with Crippen LogP contribution in [0.4, 0.5) is 5.82 Å². The van der Waals surface area contributed by atoms with Crippen LogP contribution in [0, 0.1) is 6.92 Å². The Morgan fingerprint density at radius 1 is 1.24 bits per heavy atom. The van der Waals surface area contributed by atoms with Gasteiger partial charge in [-0.2, -0.15) is 0 Å². The van der Waals surface area contributed by atoms with E-state index in [1.54, 1.807) is 11.3 Å².